The van der Waals surface area contributed by atoms with Gasteiger partial charge in [0.15, 0.2) is 6.61 Å². The second-order valence-electron chi connectivity index (χ2n) is 5.31. The van der Waals surface area contributed by atoms with Crippen molar-refractivity contribution in [3.63, 3.8) is 0 Å². The van der Waals surface area contributed by atoms with Crippen LogP contribution in [0.3, 0.4) is 0 Å². The Morgan fingerprint density at radius 1 is 1.04 bits per heavy atom. The van der Waals surface area contributed by atoms with Crippen LogP contribution in [-0.4, -0.2) is 39.0 Å². The Labute approximate surface area is 148 Å². The lowest BCUT2D eigenvalue weighted by Crippen LogP contribution is -2.26. The van der Waals surface area contributed by atoms with Crippen molar-refractivity contribution in [2.75, 3.05) is 20.3 Å². The van der Waals surface area contributed by atoms with Crippen LogP contribution < -0.4 is 4.74 Å². The predicted octanol–water partition coefficient (Wildman–Crippen LogP) is 2.45. The topological polar surface area (TPSA) is 72.9 Å². The number of hydrogen-bond donors (Lipinski definition) is 0. The number of rotatable bonds is 8. The Kier molecular flexibility index (Phi) is 6.55. The van der Waals surface area contributed by atoms with Crippen LogP contribution in [-0.2, 0) is 26.1 Å². The number of nitrogens with zero attached hydrogens (tertiary/aromatic N) is 1. The number of benzene rings is 2. The van der Waals surface area contributed by atoms with E-state index in [9.17, 15) is 13.2 Å². The Morgan fingerprint density at radius 3 is 2.28 bits per heavy atom. The number of carbonyl (C=O) groups excluding carboxylic acids is 1. The summed E-state index contributed by atoms with van der Waals surface area (Å²) in [6.45, 7) is 2.06. The van der Waals surface area contributed by atoms with Crippen molar-refractivity contribution in [3.05, 3.63) is 60.2 Å². The van der Waals surface area contributed by atoms with Crippen LogP contribution in [0, 0.1) is 0 Å². The molecule has 0 spiro atoms. The molecule has 0 N–H and O–H groups in total. The zero-order valence-electron chi connectivity index (χ0n) is 14.2. The smallest absolute Gasteiger partial charge is 0.344 e. The van der Waals surface area contributed by atoms with E-state index in [1.807, 2.05) is 30.3 Å². The molecule has 0 aliphatic heterocycles. The van der Waals surface area contributed by atoms with Gasteiger partial charge < -0.3 is 9.47 Å². The lowest BCUT2D eigenvalue weighted by molar-refractivity contribution is -0.145. The molecule has 0 amide bonds. The molecule has 2 aromatic carbocycles. The van der Waals surface area contributed by atoms with Crippen molar-refractivity contribution in [2.24, 2.45) is 0 Å². The maximum atomic E-state index is 12.6. The second kappa shape index (κ2) is 8.64. The van der Waals surface area contributed by atoms with Gasteiger partial charge in [-0.05, 0) is 36.8 Å². The maximum Gasteiger partial charge on any atom is 0.344 e. The Bertz CT molecular complexity index is 788. The molecular weight excluding hydrogens is 342 g/mol. The summed E-state index contributed by atoms with van der Waals surface area (Å²) < 4.78 is 36.5. The lowest BCUT2D eigenvalue weighted by Gasteiger charge is -2.17. The minimum absolute atomic E-state index is 0.161. The normalized spacial score (nSPS) is 11.3. The van der Waals surface area contributed by atoms with Crippen molar-refractivity contribution < 1.29 is 22.7 Å². The van der Waals surface area contributed by atoms with Crippen LogP contribution in [0.5, 0.6) is 5.75 Å². The third-order valence-corrected chi connectivity index (χ3v) is 5.26. The van der Waals surface area contributed by atoms with Crippen LogP contribution in [0.1, 0.15) is 12.5 Å². The molecule has 0 bridgehead atoms. The van der Waals surface area contributed by atoms with Gasteiger partial charge in [-0.3, -0.25) is 0 Å². The van der Waals surface area contributed by atoms with Crippen molar-refractivity contribution in [2.45, 2.75) is 18.4 Å². The van der Waals surface area contributed by atoms with Crippen LogP contribution in [0.15, 0.2) is 59.5 Å². The largest absolute Gasteiger partial charge is 0.482 e. The SMILES string of the molecule is CCOC(=O)COc1ccc(S(=O)(=O)N(C)Cc2ccccc2)cc1. The molecule has 0 saturated heterocycles. The molecule has 0 fully saturated rings. The average Bonchev–Trinajstić information content (AvgIpc) is 2.61. The second-order valence-corrected chi connectivity index (χ2v) is 7.36. The van der Waals surface area contributed by atoms with Gasteiger partial charge in [0.05, 0.1) is 11.5 Å². The monoisotopic (exact) mass is 363 g/mol. The van der Waals surface area contributed by atoms with E-state index in [1.165, 1.54) is 35.6 Å². The maximum absolute atomic E-state index is 12.6. The first kappa shape index (κ1) is 19.0. The van der Waals surface area contributed by atoms with Crippen LogP contribution >= 0.6 is 0 Å². The molecule has 2 rings (SSSR count). The molecule has 134 valence electrons. The summed E-state index contributed by atoms with van der Waals surface area (Å²) in [4.78, 5) is 11.4. The summed E-state index contributed by atoms with van der Waals surface area (Å²) in [6, 6.07) is 15.3. The molecule has 0 unspecified atom stereocenters. The minimum atomic E-state index is -3.61. The summed E-state index contributed by atoms with van der Waals surface area (Å²) in [5.74, 6) is -0.0699. The van der Waals surface area contributed by atoms with Crippen molar-refractivity contribution in [1.29, 1.82) is 0 Å². The molecule has 6 nitrogen and oxygen atoms in total. The number of carbonyl (C=O) groups is 1. The van der Waals surface area contributed by atoms with E-state index < -0.39 is 16.0 Å². The van der Waals surface area contributed by atoms with E-state index in [-0.39, 0.29) is 24.7 Å². The molecule has 0 aromatic heterocycles. The highest BCUT2D eigenvalue weighted by Crippen LogP contribution is 2.20. The van der Waals surface area contributed by atoms with Crippen LogP contribution in [0.2, 0.25) is 0 Å². The van der Waals surface area contributed by atoms with E-state index in [0.29, 0.717) is 5.75 Å². The first-order valence-corrected chi connectivity index (χ1v) is 9.26. The average molecular weight is 363 g/mol. The molecular formula is C18H21NO5S. The van der Waals surface area contributed by atoms with E-state index in [4.69, 9.17) is 9.47 Å². The third kappa shape index (κ3) is 5.30. The summed E-state index contributed by atoms with van der Waals surface area (Å²) >= 11 is 0. The zero-order chi connectivity index (χ0) is 18.3. The van der Waals surface area contributed by atoms with Gasteiger partial charge in [-0.25, -0.2) is 13.2 Å². The van der Waals surface area contributed by atoms with Gasteiger partial charge >= 0.3 is 5.97 Å². The quantitative estimate of drug-likeness (QED) is 0.674. The van der Waals surface area contributed by atoms with Crippen LogP contribution in [0.4, 0.5) is 0 Å². The summed E-state index contributed by atoms with van der Waals surface area (Å²) in [7, 11) is -2.07. The molecule has 0 atom stereocenters. The molecule has 0 heterocycles. The van der Waals surface area contributed by atoms with Crippen LogP contribution in [0.25, 0.3) is 0 Å². The molecule has 0 radical (unpaired) electrons. The minimum Gasteiger partial charge on any atom is -0.482 e. The fourth-order valence-corrected chi connectivity index (χ4v) is 3.32. The highest BCUT2D eigenvalue weighted by atomic mass is 32.2. The molecule has 0 aliphatic carbocycles. The molecule has 0 aliphatic rings. The Morgan fingerprint density at radius 2 is 1.68 bits per heavy atom. The fourth-order valence-electron chi connectivity index (χ4n) is 2.16. The van der Waals surface area contributed by atoms with Gasteiger partial charge in [0.1, 0.15) is 5.75 Å². The first-order chi connectivity index (χ1) is 11.9. The highest BCUT2D eigenvalue weighted by molar-refractivity contribution is 7.89. The van der Waals surface area contributed by atoms with E-state index in [1.54, 1.807) is 6.92 Å². The van der Waals surface area contributed by atoms with Crippen molar-refractivity contribution in [3.8, 4) is 5.75 Å². The van der Waals surface area contributed by atoms with Gasteiger partial charge in [-0.15, -0.1) is 0 Å². The molecule has 0 saturated carbocycles. The summed E-state index contributed by atoms with van der Waals surface area (Å²) in [5, 5.41) is 0. The Balaban J connectivity index is 2.03. The van der Waals surface area contributed by atoms with Crippen molar-refractivity contribution in [1.82, 2.24) is 4.31 Å². The fraction of sp³-hybridized carbons (Fsp3) is 0.278. The summed E-state index contributed by atoms with van der Waals surface area (Å²) in [6.07, 6.45) is 0. The van der Waals surface area contributed by atoms with Gasteiger partial charge in [-0.1, -0.05) is 30.3 Å². The number of sulfonamides is 1. The number of ether oxygens (including phenoxy) is 2. The standard InChI is InChI=1S/C18H21NO5S/c1-3-23-18(20)14-24-16-9-11-17(12-10-16)25(21,22)19(2)13-15-7-5-4-6-8-15/h4-12H,3,13-14H2,1-2H3. The molecule has 7 heteroatoms. The van der Waals surface area contributed by atoms with E-state index in [0.717, 1.165) is 5.56 Å². The van der Waals surface area contributed by atoms with Gasteiger partial charge in [0, 0.05) is 13.6 Å². The zero-order valence-corrected chi connectivity index (χ0v) is 15.0. The first-order valence-electron chi connectivity index (χ1n) is 7.82. The van der Waals surface area contributed by atoms with E-state index in [2.05, 4.69) is 0 Å². The predicted molar refractivity (Wildman–Crippen MR) is 93.7 cm³/mol. The van der Waals surface area contributed by atoms with Gasteiger partial charge in [0.2, 0.25) is 10.0 Å². The molecule has 2 aromatic rings. The van der Waals surface area contributed by atoms with Crippen molar-refractivity contribution >= 4 is 16.0 Å². The lowest BCUT2D eigenvalue weighted by atomic mass is 10.2. The van der Waals surface area contributed by atoms with Gasteiger partial charge in [-0.2, -0.15) is 4.31 Å². The number of hydrogen-bond acceptors (Lipinski definition) is 5. The summed E-state index contributed by atoms with van der Waals surface area (Å²) in [5.41, 5.74) is 0.906. The van der Waals surface area contributed by atoms with E-state index >= 15 is 0 Å². The Hall–Kier alpha value is -2.38. The van der Waals surface area contributed by atoms with Gasteiger partial charge in [0.25, 0.3) is 0 Å². The number of esters is 1. The molecule has 25 heavy (non-hydrogen) atoms. The third-order valence-electron chi connectivity index (χ3n) is 3.44. The highest BCUT2D eigenvalue weighted by Gasteiger charge is 2.20.